The Bertz CT molecular complexity index is 760. The quantitative estimate of drug-likeness (QED) is 0.878. The van der Waals surface area contributed by atoms with E-state index in [-0.39, 0.29) is 17.4 Å². The van der Waals surface area contributed by atoms with Crippen LogP contribution in [0.4, 0.5) is 5.69 Å². The number of fused-ring (bicyclic) bond motifs is 1. The fourth-order valence-corrected chi connectivity index (χ4v) is 2.52. The van der Waals surface area contributed by atoms with Crippen LogP contribution < -0.4 is 5.32 Å². The number of benzene rings is 1. The van der Waals surface area contributed by atoms with E-state index in [1.165, 1.54) is 0 Å². The van der Waals surface area contributed by atoms with Gasteiger partial charge in [-0.15, -0.1) is 0 Å². The summed E-state index contributed by atoms with van der Waals surface area (Å²) in [6, 6.07) is 5.02. The van der Waals surface area contributed by atoms with E-state index in [9.17, 15) is 13.2 Å². The van der Waals surface area contributed by atoms with Crippen LogP contribution in [0.3, 0.4) is 0 Å². The second-order valence-corrected chi connectivity index (χ2v) is 6.75. The molecule has 0 atom stereocenters. The van der Waals surface area contributed by atoms with E-state index in [1.54, 1.807) is 32.0 Å². The van der Waals surface area contributed by atoms with E-state index < -0.39 is 15.8 Å². The van der Waals surface area contributed by atoms with Crippen molar-refractivity contribution in [2.24, 2.45) is 0 Å². The number of sulfone groups is 1. The van der Waals surface area contributed by atoms with E-state index in [4.69, 9.17) is 9.52 Å². The van der Waals surface area contributed by atoms with E-state index in [0.29, 0.717) is 22.2 Å². The molecule has 7 heteroatoms. The monoisotopic (exact) mass is 297 g/mol. The third-order valence-corrected chi connectivity index (χ3v) is 4.53. The number of aryl methyl sites for hydroxylation is 1. The summed E-state index contributed by atoms with van der Waals surface area (Å²) >= 11 is 0. The van der Waals surface area contributed by atoms with Gasteiger partial charge in [-0.05, 0) is 19.1 Å². The predicted octanol–water partition coefficient (Wildman–Crippen LogP) is 2.24. The lowest BCUT2D eigenvalue weighted by Crippen LogP contribution is -2.16. The number of anilines is 1. The lowest BCUT2D eigenvalue weighted by molar-refractivity contribution is 0.0664. The van der Waals surface area contributed by atoms with Crippen molar-refractivity contribution in [3.8, 4) is 0 Å². The largest absolute Gasteiger partial charge is 0.475 e. The van der Waals surface area contributed by atoms with Gasteiger partial charge in [0.2, 0.25) is 5.76 Å². The molecule has 1 aromatic carbocycles. The summed E-state index contributed by atoms with van der Waals surface area (Å²) in [5.74, 6) is -1.44. The number of furan rings is 1. The van der Waals surface area contributed by atoms with Crippen LogP contribution in [0.25, 0.3) is 11.0 Å². The second kappa shape index (κ2) is 5.16. The van der Waals surface area contributed by atoms with Crippen molar-refractivity contribution in [2.75, 3.05) is 16.9 Å². The Morgan fingerprint density at radius 3 is 2.70 bits per heavy atom. The topological polar surface area (TPSA) is 96.6 Å². The first-order chi connectivity index (χ1) is 9.35. The van der Waals surface area contributed by atoms with Crippen LogP contribution in [-0.4, -0.2) is 31.1 Å². The summed E-state index contributed by atoms with van der Waals surface area (Å²) in [6.07, 6.45) is 0. The molecule has 0 aliphatic heterocycles. The first-order valence-electron chi connectivity index (χ1n) is 6.05. The highest BCUT2D eigenvalue weighted by Gasteiger charge is 2.19. The highest BCUT2D eigenvalue weighted by atomic mass is 32.2. The van der Waals surface area contributed by atoms with Crippen molar-refractivity contribution in [3.05, 3.63) is 29.5 Å². The molecule has 1 aromatic heterocycles. The zero-order chi connectivity index (χ0) is 14.9. The zero-order valence-corrected chi connectivity index (χ0v) is 12.0. The molecule has 2 N–H and O–H groups in total. The highest BCUT2D eigenvalue weighted by Crippen LogP contribution is 2.31. The third kappa shape index (κ3) is 2.62. The summed E-state index contributed by atoms with van der Waals surface area (Å²) in [6.45, 7) is 3.21. The number of carbonyl (C=O) groups is 1. The van der Waals surface area contributed by atoms with Gasteiger partial charge in [0.05, 0.1) is 0 Å². The molecule has 2 aromatic rings. The maximum Gasteiger partial charge on any atom is 0.372 e. The SMILES string of the molecule is CCS(=O)(=O)CNc1cccc2oc(C(=O)O)c(C)c12. The number of carboxylic acids is 1. The van der Waals surface area contributed by atoms with Crippen molar-refractivity contribution in [1.82, 2.24) is 0 Å². The van der Waals surface area contributed by atoms with Gasteiger partial charge in [-0.3, -0.25) is 0 Å². The van der Waals surface area contributed by atoms with Gasteiger partial charge in [0.15, 0.2) is 9.84 Å². The van der Waals surface area contributed by atoms with Crippen molar-refractivity contribution < 1.29 is 22.7 Å². The van der Waals surface area contributed by atoms with Crippen molar-refractivity contribution in [3.63, 3.8) is 0 Å². The number of hydrogen-bond acceptors (Lipinski definition) is 5. The van der Waals surface area contributed by atoms with Crippen molar-refractivity contribution >= 4 is 32.5 Å². The summed E-state index contributed by atoms with van der Waals surface area (Å²) in [7, 11) is -3.17. The molecule has 0 aliphatic carbocycles. The van der Waals surface area contributed by atoms with Gasteiger partial charge in [0.1, 0.15) is 11.5 Å². The fourth-order valence-electron chi connectivity index (χ4n) is 1.94. The number of carboxylic acid groups (broad SMARTS) is 1. The molecule has 108 valence electrons. The van der Waals surface area contributed by atoms with Gasteiger partial charge in [-0.2, -0.15) is 0 Å². The number of aromatic carboxylic acids is 1. The molecule has 6 nitrogen and oxygen atoms in total. The van der Waals surface area contributed by atoms with Gasteiger partial charge >= 0.3 is 5.97 Å². The molecule has 0 saturated carbocycles. The standard InChI is InChI=1S/C13H15NO5S/c1-3-20(17,18)7-14-9-5-4-6-10-11(9)8(2)12(19-10)13(15)16/h4-6,14H,3,7H2,1-2H3,(H,15,16). The Labute approximate surface area is 116 Å². The molecule has 2 rings (SSSR count). The van der Waals surface area contributed by atoms with Gasteiger partial charge in [-0.1, -0.05) is 13.0 Å². The van der Waals surface area contributed by atoms with Gasteiger partial charge in [0, 0.05) is 22.4 Å². The van der Waals surface area contributed by atoms with E-state index in [0.717, 1.165) is 0 Å². The van der Waals surface area contributed by atoms with Gasteiger partial charge in [-0.25, -0.2) is 13.2 Å². The Morgan fingerprint density at radius 2 is 2.10 bits per heavy atom. The Morgan fingerprint density at radius 1 is 1.40 bits per heavy atom. The number of hydrogen-bond donors (Lipinski definition) is 2. The van der Waals surface area contributed by atoms with E-state index >= 15 is 0 Å². The molecule has 0 fully saturated rings. The second-order valence-electron chi connectivity index (χ2n) is 4.39. The minimum atomic E-state index is -3.17. The maximum atomic E-state index is 11.5. The van der Waals surface area contributed by atoms with Crippen LogP contribution in [0.1, 0.15) is 23.0 Å². The summed E-state index contributed by atoms with van der Waals surface area (Å²) in [5.41, 5.74) is 1.44. The molecule has 0 radical (unpaired) electrons. The smallest absolute Gasteiger partial charge is 0.372 e. The highest BCUT2D eigenvalue weighted by molar-refractivity contribution is 7.91. The molecule has 20 heavy (non-hydrogen) atoms. The fraction of sp³-hybridized carbons (Fsp3) is 0.308. The van der Waals surface area contributed by atoms with E-state index in [2.05, 4.69) is 5.32 Å². The molecule has 0 saturated heterocycles. The predicted molar refractivity (Wildman–Crippen MR) is 75.9 cm³/mol. The number of nitrogens with one attached hydrogen (secondary N) is 1. The normalized spacial score (nSPS) is 11.7. The van der Waals surface area contributed by atoms with Crippen LogP contribution >= 0.6 is 0 Å². The van der Waals surface area contributed by atoms with Crippen molar-refractivity contribution in [2.45, 2.75) is 13.8 Å². The molecule has 1 heterocycles. The minimum Gasteiger partial charge on any atom is -0.475 e. The first-order valence-corrected chi connectivity index (χ1v) is 7.87. The van der Waals surface area contributed by atoms with Gasteiger partial charge in [0.25, 0.3) is 0 Å². The number of rotatable bonds is 5. The third-order valence-electron chi connectivity index (χ3n) is 3.07. The molecule has 0 amide bonds. The van der Waals surface area contributed by atoms with Crippen LogP contribution in [0.5, 0.6) is 0 Å². The molecular weight excluding hydrogens is 282 g/mol. The van der Waals surface area contributed by atoms with Crippen molar-refractivity contribution in [1.29, 1.82) is 0 Å². The Hall–Kier alpha value is -2.02. The van der Waals surface area contributed by atoms with Crippen LogP contribution in [0, 0.1) is 6.92 Å². The van der Waals surface area contributed by atoms with Gasteiger partial charge < -0.3 is 14.8 Å². The average Bonchev–Trinajstić information content (AvgIpc) is 2.75. The Kier molecular flexibility index (Phi) is 3.71. The maximum absolute atomic E-state index is 11.5. The lowest BCUT2D eigenvalue weighted by Gasteiger charge is -2.07. The average molecular weight is 297 g/mol. The van der Waals surface area contributed by atoms with E-state index in [1.807, 2.05) is 0 Å². The summed E-state index contributed by atoms with van der Waals surface area (Å²) in [5, 5.41) is 12.5. The first kappa shape index (κ1) is 14.4. The molecule has 0 bridgehead atoms. The molecular formula is C13H15NO5S. The minimum absolute atomic E-state index is 0.0424. The van der Waals surface area contributed by atoms with Crippen LogP contribution in [-0.2, 0) is 9.84 Å². The summed E-state index contributed by atoms with van der Waals surface area (Å²) in [4.78, 5) is 11.1. The summed E-state index contributed by atoms with van der Waals surface area (Å²) < 4.78 is 28.3. The van der Waals surface area contributed by atoms with Crippen LogP contribution in [0.15, 0.2) is 22.6 Å². The molecule has 0 spiro atoms. The molecule has 0 aliphatic rings. The zero-order valence-electron chi connectivity index (χ0n) is 11.1. The lowest BCUT2D eigenvalue weighted by atomic mass is 10.1. The molecule has 0 unspecified atom stereocenters. The van der Waals surface area contributed by atoms with Crippen LogP contribution in [0.2, 0.25) is 0 Å². The Balaban J connectivity index is 2.47.